The van der Waals surface area contributed by atoms with E-state index in [0.29, 0.717) is 16.1 Å². The van der Waals surface area contributed by atoms with E-state index in [0.717, 1.165) is 72.7 Å². The number of hydrogen-bond acceptors (Lipinski definition) is 3. The average molecular weight is 579 g/mol. The molecule has 0 aliphatic heterocycles. The van der Waals surface area contributed by atoms with Gasteiger partial charge in [-0.2, -0.15) is 0 Å². The SMILES string of the molecule is CCCCOc1ccc(C(=O)SC2CCC3(C)C(=CCC4C3CCC3(C)C(C(C)CCCC(C)C)CCC43)C2)cc1. The zero-order chi connectivity index (χ0) is 29.2. The van der Waals surface area contributed by atoms with Gasteiger partial charge in [0.1, 0.15) is 5.75 Å². The van der Waals surface area contributed by atoms with Crippen molar-refractivity contribution >= 4 is 16.9 Å². The molecule has 1 aromatic rings. The summed E-state index contributed by atoms with van der Waals surface area (Å²) in [6.07, 6.45) is 19.7. The largest absolute Gasteiger partial charge is 0.494 e. The summed E-state index contributed by atoms with van der Waals surface area (Å²) in [5.74, 6) is 6.14. The van der Waals surface area contributed by atoms with E-state index in [1.54, 1.807) is 17.3 Å². The second-order valence-electron chi connectivity index (χ2n) is 15.3. The first-order valence-corrected chi connectivity index (χ1v) is 18.2. The van der Waals surface area contributed by atoms with Gasteiger partial charge in [-0.05, 0) is 128 Å². The standard InChI is InChI=1S/C38H58O2S/c1-7-8-24-40-30-15-12-28(13-16-30)36(39)41-31-20-22-37(5)29(25-31)14-17-32-34-19-18-33(27(4)11-9-10-26(2)3)38(34,6)23-21-35(32)37/h12-16,26-27,31-35H,7-11,17-25H2,1-6H3. The van der Waals surface area contributed by atoms with Gasteiger partial charge in [-0.25, -0.2) is 0 Å². The van der Waals surface area contributed by atoms with Crippen LogP contribution in [-0.4, -0.2) is 17.0 Å². The minimum atomic E-state index is 0.223. The number of thioether (sulfide) groups is 1. The minimum Gasteiger partial charge on any atom is -0.494 e. The average Bonchev–Trinajstić information content (AvgIpc) is 3.31. The lowest BCUT2D eigenvalue weighted by atomic mass is 9.47. The summed E-state index contributed by atoms with van der Waals surface area (Å²) in [5.41, 5.74) is 3.40. The lowest BCUT2D eigenvalue weighted by Crippen LogP contribution is -2.50. The van der Waals surface area contributed by atoms with Crippen LogP contribution in [0.15, 0.2) is 35.9 Å². The Balaban J connectivity index is 1.19. The fraction of sp³-hybridized carbons (Fsp3) is 0.763. The van der Waals surface area contributed by atoms with E-state index in [1.807, 2.05) is 24.3 Å². The van der Waals surface area contributed by atoms with Crippen molar-refractivity contribution in [2.45, 2.75) is 130 Å². The molecule has 0 bridgehead atoms. The predicted molar refractivity (Wildman–Crippen MR) is 176 cm³/mol. The van der Waals surface area contributed by atoms with Crippen molar-refractivity contribution in [3.05, 3.63) is 41.5 Å². The van der Waals surface area contributed by atoms with Crippen LogP contribution in [0.4, 0.5) is 0 Å². The molecule has 5 rings (SSSR count). The van der Waals surface area contributed by atoms with Crippen LogP contribution in [0.1, 0.15) is 135 Å². The van der Waals surface area contributed by atoms with Crippen molar-refractivity contribution in [3.63, 3.8) is 0 Å². The van der Waals surface area contributed by atoms with Gasteiger partial charge in [0.05, 0.1) is 6.61 Å². The second-order valence-corrected chi connectivity index (χ2v) is 16.6. The Hall–Kier alpha value is -1.22. The van der Waals surface area contributed by atoms with Crippen LogP contribution >= 0.6 is 11.8 Å². The third kappa shape index (κ3) is 6.51. The Morgan fingerprint density at radius 1 is 0.976 bits per heavy atom. The first-order valence-electron chi connectivity index (χ1n) is 17.3. The van der Waals surface area contributed by atoms with Crippen LogP contribution in [0.25, 0.3) is 0 Å². The van der Waals surface area contributed by atoms with Crippen LogP contribution in [-0.2, 0) is 0 Å². The summed E-state index contributed by atoms with van der Waals surface area (Å²) in [6.45, 7) is 15.6. The zero-order valence-corrected chi connectivity index (χ0v) is 27.9. The van der Waals surface area contributed by atoms with Crippen molar-refractivity contribution in [3.8, 4) is 5.75 Å². The quantitative estimate of drug-likeness (QED) is 0.193. The summed E-state index contributed by atoms with van der Waals surface area (Å²) in [6, 6.07) is 7.82. The molecule has 3 saturated carbocycles. The van der Waals surface area contributed by atoms with Gasteiger partial charge in [0.2, 0.25) is 5.12 Å². The number of fused-ring (bicyclic) bond motifs is 5. The Labute approximate surface area is 256 Å². The first kappa shape index (κ1) is 31.2. The lowest BCUT2D eigenvalue weighted by Gasteiger charge is -2.58. The molecule has 0 aromatic heterocycles. The molecule has 3 fully saturated rings. The molecule has 0 saturated heterocycles. The number of hydrogen-bond donors (Lipinski definition) is 0. The molecule has 8 atom stereocenters. The highest BCUT2D eigenvalue weighted by atomic mass is 32.2. The van der Waals surface area contributed by atoms with Gasteiger partial charge in [-0.3, -0.25) is 4.79 Å². The summed E-state index contributed by atoms with van der Waals surface area (Å²) < 4.78 is 5.79. The van der Waals surface area contributed by atoms with Gasteiger partial charge in [0.15, 0.2) is 0 Å². The van der Waals surface area contributed by atoms with E-state index in [4.69, 9.17) is 4.74 Å². The summed E-state index contributed by atoms with van der Waals surface area (Å²) in [5, 5.41) is 0.635. The van der Waals surface area contributed by atoms with Crippen molar-refractivity contribution < 1.29 is 9.53 Å². The van der Waals surface area contributed by atoms with Gasteiger partial charge in [-0.15, -0.1) is 0 Å². The summed E-state index contributed by atoms with van der Waals surface area (Å²) in [4.78, 5) is 13.2. The molecule has 41 heavy (non-hydrogen) atoms. The highest BCUT2D eigenvalue weighted by Gasteiger charge is 2.59. The van der Waals surface area contributed by atoms with Gasteiger partial charge in [0, 0.05) is 10.8 Å². The Kier molecular flexibility index (Phi) is 10.0. The zero-order valence-electron chi connectivity index (χ0n) is 27.1. The van der Waals surface area contributed by atoms with Crippen LogP contribution in [0.3, 0.4) is 0 Å². The normalized spacial score (nSPS) is 35.3. The topological polar surface area (TPSA) is 26.3 Å². The molecule has 0 N–H and O–H groups in total. The molecule has 3 heteroatoms. The van der Waals surface area contributed by atoms with Crippen LogP contribution < -0.4 is 4.74 Å². The first-order chi connectivity index (χ1) is 19.7. The summed E-state index contributed by atoms with van der Waals surface area (Å²) >= 11 is 1.59. The smallest absolute Gasteiger partial charge is 0.219 e. The molecule has 1 aromatic carbocycles. The van der Waals surface area contributed by atoms with Crippen molar-refractivity contribution in [2.24, 2.45) is 46.3 Å². The van der Waals surface area contributed by atoms with E-state index >= 15 is 0 Å². The Bertz CT molecular complexity index is 1060. The maximum absolute atomic E-state index is 13.2. The number of allylic oxidation sites excluding steroid dienone is 2. The number of ether oxygens (including phenoxy) is 1. The third-order valence-corrected chi connectivity index (χ3v) is 13.6. The number of benzene rings is 1. The van der Waals surface area contributed by atoms with E-state index in [2.05, 4.69) is 47.6 Å². The Morgan fingerprint density at radius 2 is 1.76 bits per heavy atom. The van der Waals surface area contributed by atoms with E-state index in [1.165, 1.54) is 64.2 Å². The molecule has 0 radical (unpaired) electrons. The fourth-order valence-corrected chi connectivity index (χ4v) is 11.1. The highest BCUT2D eigenvalue weighted by Crippen LogP contribution is 2.67. The maximum atomic E-state index is 13.2. The molecule has 4 aliphatic carbocycles. The molecule has 228 valence electrons. The van der Waals surface area contributed by atoms with Crippen molar-refractivity contribution in [2.75, 3.05) is 6.61 Å². The number of carbonyl (C=O) groups excluding carboxylic acids is 1. The fourth-order valence-electron chi connectivity index (χ4n) is 9.99. The molecule has 0 heterocycles. The monoisotopic (exact) mass is 578 g/mol. The lowest BCUT2D eigenvalue weighted by molar-refractivity contribution is -0.0497. The molecule has 8 unspecified atom stereocenters. The van der Waals surface area contributed by atoms with Crippen LogP contribution in [0.2, 0.25) is 0 Å². The van der Waals surface area contributed by atoms with Gasteiger partial charge >= 0.3 is 0 Å². The minimum absolute atomic E-state index is 0.223. The number of rotatable bonds is 11. The molecule has 4 aliphatic rings. The Morgan fingerprint density at radius 3 is 2.49 bits per heavy atom. The predicted octanol–water partition coefficient (Wildman–Crippen LogP) is 11.1. The number of carbonyl (C=O) groups is 1. The third-order valence-electron chi connectivity index (χ3n) is 12.4. The van der Waals surface area contributed by atoms with Gasteiger partial charge < -0.3 is 4.74 Å². The molecule has 0 amide bonds. The van der Waals surface area contributed by atoms with Crippen LogP contribution in [0.5, 0.6) is 5.75 Å². The van der Waals surface area contributed by atoms with E-state index < -0.39 is 0 Å². The van der Waals surface area contributed by atoms with E-state index in [-0.39, 0.29) is 5.12 Å². The molecule has 2 nitrogen and oxygen atoms in total. The van der Waals surface area contributed by atoms with Crippen LogP contribution in [0, 0.1) is 46.3 Å². The van der Waals surface area contributed by atoms with Crippen molar-refractivity contribution in [1.29, 1.82) is 0 Å². The van der Waals surface area contributed by atoms with Gasteiger partial charge in [-0.1, -0.05) is 90.6 Å². The molecule has 0 spiro atoms. The summed E-state index contributed by atoms with van der Waals surface area (Å²) in [7, 11) is 0. The highest BCUT2D eigenvalue weighted by molar-refractivity contribution is 8.14. The molecular formula is C38H58O2S. The van der Waals surface area contributed by atoms with Gasteiger partial charge in [0.25, 0.3) is 0 Å². The van der Waals surface area contributed by atoms with E-state index in [9.17, 15) is 4.79 Å². The van der Waals surface area contributed by atoms with Crippen molar-refractivity contribution in [1.82, 2.24) is 0 Å². The second kappa shape index (κ2) is 13.2. The molecular weight excluding hydrogens is 520 g/mol. The maximum Gasteiger partial charge on any atom is 0.219 e. The number of unbranched alkanes of at least 4 members (excludes halogenated alkanes) is 1.